The molecule has 2 heterocycles. The molecule has 5 nitrogen and oxygen atoms in total. The second-order valence-electron chi connectivity index (χ2n) is 6.29. The second kappa shape index (κ2) is 6.15. The Morgan fingerprint density at radius 3 is 2.56 bits per heavy atom. The number of phenolic OH excluding ortho intramolecular Hbond substituents is 1. The number of fused-ring (bicyclic) bond motifs is 1. The Morgan fingerprint density at radius 1 is 1.15 bits per heavy atom. The van der Waals surface area contributed by atoms with Crippen molar-refractivity contribution in [3.05, 3.63) is 71.7 Å². The van der Waals surface area contributed by atoms with Gasteiger partial charge in [0.2, 0.25) is 5.91 Å². The van der Waals surface area contributed by atoms with Crippen LogP contribution in [0.3, 0.4) is 0 Å². The maximum Gasteiger partial charge on any atom is 0.416 e. The lowest BCUT2D eigenvalue weighted by Crippen LogP contribution is -2.24. The van der Waals surface area contributed by atoms with Gasteiger partial charge in [-0.15, -0.1) is 0 Å². The van der Waals surface area contributed by atoms with Crippen molar-refractivity contribution < 1.29 is 23.1 Å². The van der Waals surface area contributed by atoms with Crippen molar-refractivity contribution in [3.63, 3.8) is 0 Å². The van der Waals surface area contributed by atoms with Crippen LogP contribution in [0, 0.1) is 0 Å². The number of benzene rings is 2. The van der Waals surface area contributed by atoms with E-state index in [9.17, 15) is 23.1 Å². The van der Waals surface area contributed by atoms with Crippen LogP contribution < -0.4 is 5.32 Å². The Labute approximate surface area is 152 Å². The molecule has 0 radical (unpaired) electrons. The predicted octanol–water partition coefficient (Wildman–Crippen LogP) is 4.07. The number of halogens is 3. The van der Waals surface area contributed by atoms with Crippen LogP contribution in [0.1, 0.15) is 29.2 Å². The molecule has 1 aromatic heterocycles. The van der Waals surface area contributed by atoms with E-state index < -0.39 is 11.7 Å². The molecule has 1 atom stereocenters. The number of alkyl halides is 3. The molecule has 2 N–H and O–H groups in total. The summed E-state index contributed by atoms with van der Waals surface area (Å²) in [6.45, 7) is 0. The zero-order chi connectivity index (χ0) is 19.2. The van der Waals surface area contributed by atoms with Crippen LogP contribution in [-0.4, -0.2) is 20.6 Å². The molecule has 1 aliphatic rings. The number of aromatic hydroxyl groups is 1. The summed E-state index contributed by atoms with van der Waals surface area (Å²) in [5.74, 6) is -0.0809. The van der Waals surface area contributed by atoms with Crippen LogP contribution >= 0.6 is 0 Å². The first kappa shape index (κ1) is 17.1. The van der Waals surface area contributed by atoms with E-state index in [1.54, 1.807) is 22.8 Å². The number of phenols is 1. The van der Waals surface area contributed by atoms with Gasteiger partial charge in [0.15, 0.2) is 0 Å². The van der Waals surface area contributed by atoms with Crippen LogP contribution in [-0.2, 0) is 11.0 Å². The number of nitrogens with zero attached hydrogens (tertiary/aromatic N) is 2. The molecule has 0 aliphatic carbocycles. The first-order chi connectivity index (χ1) is 12.8. The summed E-state index contributed by atoms with van der Waals surface area (Å²) in [4.78, 5) is 16.6. The van der Waals surface area contributed by atoms with Gasteiger partial charge in [0.1, 0.15) is 17.9 Å². The highest BCUT2D eigenvalue weighted by Gasteiger charge is 2.32. The number of hydrogen-bond acceptors (Lipinski definition) is 3. The Hall–Kier alpha value is -3.29. The fourth-order valence-electron chi connectivity index (χ4n) is 3.23. The highest BCUT2D eigenvalue weighted by Crippen LogP contribution is 2.38. The smallest absolute Gasteiger partial charge is 0.416 e. The van der Waals surface area contributed by atoms with Gasteiger partial charge in [-0.1, -0.05) is 12.1 Å². The van der Waals surface area contributed by atoms with Gasteiger partial charge >= 0.3 is 6.18 Å². The van der Waals surface area contributed by atoms with Gasteiger partial charge in [-0.2, -0.15) is 13.2 Å². The van der Waals surface area contributed by atoms with E-state index in [4.69, 9.17) is 0 Å². The molecule has 0 fully saturated rings. The van der Waals surface area contributed by atoms with Crippen LogP contribution in [0.25, 0.3) is 5.69 Å². The maximum absolute atomic E-state index is 12.8. The Kier molecular flexibility index (Phi) is 3.91. The van der Waals surface area contributed by atoms with E-state index in [1.807, 2.05) is 0 Å². The summed E-state index contributed by atoms with van der Waals surface area (Å²) in [5.41, 5.74) is 1.04. The van der Waals surface area contributed by atoms with Gasteiger partial charge in [0.05, 0.1) is 11.3 Å². The Bertz CT molecular complexity index is 1010. The Balaban J connectivity index is 1.75. The molecule has 0 spiro atoms. The molecule has 2 aromatic carbocycles. The lowest BCUT2D eigenvalue weighted by molar-refractivity contribution is -0.137. The van der Waals surface area contributed by atoms with Gasteiger partial charge in [0.25, 0.3) is 0 Å². The third-order valence-electron chi connectivity index (χ3n) is 4.52. The van der Waals surface area contributed by atoms with Crippen molar-refractivity contribution in [2.75, 3.05) is 5.32 Å². The minimum atomic E-state index is -4.42. The predicted molar refractivity (Wildman–Crippen MR) is 91.8 cm³/mol. The van der Waals surface area contributed by atoms with Crippen molar-refractivity contribution in [1.29, 1.82) is 0 Å². The zero-order valence-corrected chi connectivity index (χ0v) is 13.9. The fraction of sp³-hybridized carbons (Fsp3) is 0.158. The molecule has 8 heteroatoms. The zero-order valence-electron chi connectivity index (χ0n) is 13.9. The topological polar surface area (TPSA) is 67.1 Å². The summed E-state index contributed by atoms with van der Waals surface area (Å²) in [5, 5.41) is 12.5. The van der Waals surface area contributed by atoms with Crippen LogP contribution in [0.4, 0.5) is 19.0 Å². The normalized spacial score (nSPS) is 16.7. The number of carbonyl (C=O) groups excluding carboxylic acids is 1. The third-order valence-corrected chi connectivity index (χ3v) is 4.52. The monoisotopic (exact) mass is 373 g/mol. The van der Waals surface area contributed by atoms with Crippen molar-refractivity contribution >= 4 is 11.7 Å². The number of anilines is 1. The fourth-order valence-corrected chi connectivity index (χ4v) is 3.23. The molecule has 1 amide bonds. The van der Waals surface area contributed by atoms with Gasteiger partial charge in [0, 0.05) is 18.0 Å². The maximum atomic E-state index is 12.8. The minimum Gasteiger partial charge on any atom is -0.508 e. The van der Waals surface area contributed by atoms with Gasteiger partial charge in [-0.3, -0.25) is 9.36 Å². The lowest BCUT2D eigenvalue weighted by Gasteiger charge is -2.23. The molecule has 0 bridgehead atoms. The quantitative estimate of drug-likeness (QED) is 0.712. The molecular weight excluding hydrogens is 359 g/mol. The van der Waals surface area contributed by atoms with Crippen molar-refractivity contribution in [2.24, 2.45) is 0 Å². The number of rotatable bonds is 2. The molecule has 1 aliphatic heterocycles. The average Bonchev–Trinajstić information content (AvgIpc) is 3.04. The largest absolute Gasteiger partial charge is 0.508 e. The Morgan fingerprint density at radius 2 is 1.89 bits per heavy atom. The number of aromatic nitrogens is 2. The average molecular weight is 373 g/mol. The number of imidazole rings is 1. The minimum absolute atomic E-state index is 0.0854. The molecule has 138 valence electrons. The van der Waals surface area contributed by atoms with Crippen molar-refractivity contribution in [1.82, 2.24) is 9.55 Å². The third kappa shape index (κ3) is 3.14. The van der Waals surface area contributed by atoms with E-state index in [0.29, 0.717) is 17.2 Å². The molecule has 4 rings (SSSR count). The van der Waals surface area contributed by atoms with Gasteiger partial charge < -0.3 is 10.4 Å². The summed E-state index contributed by atoms with van der Waals surface area (Å²) < 4.78 is 39.8. The first-order valence-electron chi connectivity index (χ1n) is 8.16. The highest BCUT2D eigenvalue weighted by molar-refractivity contribution is 5.94. The SMILES string of the molecule is O=C1C[C@H](c2cccc(O)c2)c2ncn(-c3ccc(C(F)(F)F)cc3)c2N1. The van der Waals surface area contributed by atoms with Gasteiger partial charge in [-0.25, -0.2) is 4.98 Å². The highest BCUT2D eigenvalue weighted by atomic mass is 19.4. The van der Waals surface area contributed by atoms with E-state index in [-0.39, 0.29) is 24.0 Å². The summed E-state index contributed by atoms with van der Waals surface area (Å²) in [6, 6.07) is 11.2. The summed E-state index contributed by atoms with van der Waals surface area (Å²) in [6.07, 6.45) is -2.78. The van der Waals surface area contributed by atoms with Crippen molar-refractivity contribution in [3.8, 4) is 11.4 Å². The van der Waals surface area contributed by atoms with E-state index in [0.717, 1.165) is 17.7 Å². The molecule has 3 aromatic rings. The first-order valence-corrected chi connectivity index (χ1v) is 8.16. The van der Waals surface area contributed by atoms with Crippen molar-refractivity contribution in [2.45, 2.75) is 18.5 Å². The van der Waals surface area contributed by atoms with E-state index in [1.165, 1.54) is 24.5 Å². The molecule has 0 saturated heterocycles. The molecule has 0 saturated carbocycles. The number of amides is 1. The number of nitrogens with one attached hydrogen (secondary N) is 1. The van der Waals surface area contributed by atoms with E-state index in [2.05, 4.69) is 10.3 Å². The number of carbonyl (C=O) groups is 1. The van der Waals surface area contributed by atoms with E-state index >= 15 is 0 Å². The molecular formula is C19H14F3N3O2. The van der Waals surface area contributed by atoms with Crippen LogP contribution in [0.15, 0.2) is 54.9 Å². The summed E-state index contributed by atoms with van der Waals surface area (Å²) in [7, 11) is 0. The lowest BCUT2D eigenvalue weighted by atomic mass is 9.90. The second-order valence-corrected chi connectivity index (χ2v) is 6.29. The molecule has 0 unspecified atom stereocenters. The standard InChI is InChI=1S/C19H14F3N3O2/c20-19(21,22)12-4-6-13(7-5-12)25-10-23-17-15(9-16(27)24-18(17)25)11-2-1-3-14(26)8-11/h1-8,10,15,26H,9H2,(H,24,27)/t15-/m1/s1. The van der Waals surface area contributed by atoms with Gasteiger partial charge in [-0.05, 0) is 42.0 Å². The summed E-state index contributed by atoms with van der Waals surface area (Å²) >= 11 is 0. The van der Waals surface area contributed by atoms with Crippen LogP contribution in [0.5, 0.6) is 5.75 Å². The number of hydrogen-bond donors (Lipinski definition) is 2. The molecule has 27 heavy (non-hydrogen) atoms. The van der Waals surface area contributed by atoms with Crippen LogP contribution in [0.2, 0.25) is 0 Å².